The average molecular weight is 464 g/mol. The zero-order valence-corrected chi connectivity index (χ0v) is 22.6. The Morgan fingerprint density at radius 2 is 1.48 bits per heavy atom. The summed E-state index contributed by atoms with van der Waals surface area (Å²) in [6.07, 6.45) is 8.63. The number of aromatic hydroxyl groups is 1. The molecule has 0 bridgehead atoms. The summed E-state index contributed by atoms with van der Waals surface area (Å²) in [6.45, 7) is 20.3. The van der Waals surface area contributed by atoms with Crippen LogP contribution in [-0.4, -0.2) is 13.2 Å². The average Bonchev–Trinajstić information content (AvgIpc) is 2.90. The van der Waals surface area contributed by atoms with E-state index in [2.05, 4.69) is 78.9 Å². The summed E-state index contributed by atoms with van der Waals surface area (Å²) in [7, 11) is -1.50. The van der Waals surface area contributed by atoms with Crippen LogP contribution in [0.25, 0.3) is 0 Å². The topological polar surface area (TPSA) is 20.2 Å². The van der Waals surface area contributed by atoms with Crippen molar-refractivity contribution in [3.05, 3.63) is 47.6 Å². The molecule has 1 nitrogen and oxygen atoms in total. The third-order valence-electron chi connectivity index (χ3n) is 5.16. The summed E-state index contributed by atoms with van der Waals surface area (Å²) in [4.78, 5) is 0. The Balaban J connectivity index is -0.000000420. The smallest absolute Gasteiger partial charge is 0.115 e. The fourth-order valence-corrected chi connectivity index (χ4v) is 4.44. The minimum absolute atomic E-state index is 0. The summed E-state index contributed by atoms with van der Waals surface area (Å²) in [5.41, 5.74) is 2.80. The van der Waals surface area contributed by atoms with Crippen LogP contribution in [0, 0.1) is 18.4 Å². The molecule has 0 saturated heterocycles. The van der Waals surface area contributed by atoms with E-state index in [0.717, 1.165) is 12.0 Å². The molecule has 1 aromatic rings. The van der Waals surface area contributed by atoms with E-state index in [1.165, 1.54) is 10.8 Å². The molecule has 0 atom stereocenters. The van der Waals surface area contributed by atoms with Crippen LogP contribution in [0.1, 0.15) is 53.5 Å². The van der Waals surface area contributed by atoms with E-state index in [9.17, 15) is 5.11 Å². The molecule has 0 aromatic heterocycles. The molecule has 0 unspecified atom stereocenters. The van der Waals surface area contributed by atoms with Crippen molar-refractivity contribution in [3.8, 4) is 5.75 Å². The quantitative estimate of drug-likeness (QED) is 0.351. The van der Waals surface area contributed by atoms with Gasteiger partial charge in [-0.05, 0) is 35.1 Å². The molecular weight excluding hydrogens is 427 g/mol. The molecule has 0 amide bonds. The molecular formula is C22H37Cl2OSiTi-. The van der Waals surface area contributed by atoms with Crippen molar-refractivity contribution >= 4 is 38.1 Å². The van der Waals surface area contributed by atoms with Gasteiger partial charge in [0.1, 0.15) is 5.75 Å². The molecule has 0 spiro atoms. The SMILES string of the molecule is CC(C)(C)C1=[C-]CC=C1.Cc1cc(O)cc([Si](C)(C)C(C)(C)C)c1.Cl.Cl.[Ti]. The number of phenolic OH excluding ortho intramolecular Hbond substituents is 1. The van der Waals surface area contributed by atoms with Crippen molar-refractivity contribution < 1.29 is 26.8 Å². The van der Waals surface area contributed by atoms with Crippen LogP contribution in [0.15, 0.2) is 35.9 Å². The third-order valence-corrected chi connectivity index (χ3v) is 10.6. The summed E-state index contributed by atoms with van der Waals surface area (Å²) in [6, 6.07) is 5.97. The van der Waals surface area contributed by atoms with Gasteiger partial charge in [-0.2, -0.15) is 6.08 Å². The van der Waals surface area contributed by atoms with Gasteiger partial charge in [0.2, 0.25) is 0 Å². The number of rotatable bonds is 1. The van der Waals surface area contributed by atoms with Gasteiger partial charge in [0.05, 0.1) is 8.07 Å². The van der Waals surface area contributed by atoms with Crippen LogP contribution in [-0.2, 0) is 21.7 Å². The van der Waals surface area contributed by atoms with Crippen LogP contribution < -0.4 is 5.19 Å². The van der Waals surface area contributed by atoms with E-state index in [1.807, 2.05) is 19.1 Å². The normalized spacial score (nSPS) is 13.3. The molecule has 5 heteroatoms. The maximum absolute atomic E-state index is 9.65. The summed E-state index contributed by atoms with van der Waals surface area (Å²) >= 11 is 0. The minimum Gasteiger partial charge on any atom is -0.508 e. The number of phenols is 1. The van der Waals surface area contributed by atoms with E-state index in [-0.39, 0.29) is 46.5 Å². The van der Waals surface area contributed by atoms with Crippen molar-refractivity contribution in [1.82, 2.24) is 0 Å². The van der Waals surface area contributed by atoms with Gasteiger partial charge in [0.15, 0.2) is 0 Å². The Labute approximate surface area is 195 Å². The largest absolute Gasteiger partial charge is 0.508 e. The fraction of sp³-hybridized carbons (Fsp3) is 0.545. The second-order valence-corrected chi connectivity index (χ2v) is 14.7. The van der Waals surface area contributed by atoms with Crippen molar-refractivity contribution in [2.45, 2.75) is 73.0 Å². The van der Waals surface area contributed by atoms with E-state index in [4.69, 9.17) is 0 Å². The maximum atomic E-state index is 9.65. The van der Waals surface area contributed by atoms with Gasteiger partial charge in [-0.3, -0.25) is 6.08 Å². The van der Waals surface area contributed by atoms with Crippen LogP contribution in [0.3, 0.4) is 0 Å². The summed E-state index contributed by atoms with van der Waals surface area (Å²) in [5, 5.41) is 11.3. The van der Waals surface area contributed by atoms with E-state index < -0.39 is 8.07 Å². The number of hydrogen-bond donors (Lipinski definition) is 1. The summed E-state index contributed by atoms with van der Waals surface area (Å²) < 4.78 is 0. The number of aryl methyl sites for hydroxylation is 1. The first-order valence-electron chi connectivity index (χ1n) is 8.84. The molecule has 0 saturated carbocycles. The van der Waals surface area contributed by atoms with Crippen molar-refractivity contribution in [2.24, 2.45) is 5.41 Å². The zero-order valence-electron chi connectivity index (χ0n) is 18.4. The van der Waals surface area contributed by atoms with E-state index in [1.54, 1.807) is 0 Å². The van der Waals surface area contributed by atoms with Crippen LogP contribution >= 0.6 is 24.8 Å². The monoisotopic (exact) mass is 463 g/mol. The number of halogens is 2. The van der Waals surface area contributed by atoms with Gasteiger partial charge in [0.25, 0.3) is 0 Å². The van der Waals surface area contributed by atoms with E-state index >= 15 is 0 Å². The first-order chi connectivity index (χ1) is 10.7. The minimum atomic E-state index is -1.50. The molecule has 1 aliphatic rings. The van der Waals surface area contributed by atoms with Gasteiger partial charge < -0.3 is 5.11 Å². The first-order valence-corrected chi connectivity index (χ1v) is 11.8. The summed E-state index contributed by atoms with van der Waals surface area (Å²) in [5.74, 6) is 0.398. The van der Waals surface area contributed by atoms with Gasteiger partial charge in [-0.25, -0.2) is 11.6 Å². The molecule has 2 rings (SSSR count). The van der Waals surface area contributed by atoms with Crippen molar-refractivity contribution in [3.63, 3.8) is 0 Å². The van der Waals surface area contributed by atoms with Crippen LogP contribution in [0.5, 0.6) is 5.75 Å². The Bertz CT molecular complexity index is 618. The molecule has 154 valence electrons. The predicted octanol–water partition coefficient (Wildman–Crippen LogP) is 6.98. The molecule has 1 aliphatic carbocycles. The molecule has 27 heavy (non-hydrogen) atoms. The Hall–Kier alpha value is 0.0112. The molecule has 0 radical (unpaired) electrons. The first kappa shape index (κ1) is 31.7. The molecule has 1 aromatic carbocycles. The standard InChI is InChI=1S/C13H22OSi.C9H13.2ClH.Ti/c1-10-7-11(14)9-12(8-10)15(5,6)13(2,3)4;1-9(2,3)8-6-4-5-7-8;;;/h7-9,14H,1-6H3;4,6H,5H2,1-3H3;2*1H;/q;-1;;;. The Kier molecular flexibility index (Phi) is 13.9. The maximum Gasteiger partial charge on any atom is 0.115 e. The van der Waals surface area contributed by atoms with Gasteiger partial charge in [-0.1, -0.05) is 65.9 Å². The number of benzene rings is 1. The Morgan fingerprint density at radius 1 is 0.963 bits per heavy atom. The molecule has 0 fully saturated rings. The fourth-order valence-electron chi connectivity index (χ4n) is 2.48. The Morgan fingerprint density at radius 3 is 1.78 bits per heavy atom. The molecule has 1 N–H and O–H groups in total. The second kappa shape index (κ2) is 11.9. The van der Waals surface area contributed by atoms with Gasteiger partial charge >= 0.3 is 0 Å². The van der Waals surface area contributed by atoms with Crippen LogP contribution in [0.2, 0.25) is 18.1 Å². The molecule has 0 aliphatic heterocycles. The molecule has 0 heterocycles. The zero-order chi connectivity index (χ0) is 18.8. The predicted molar refractivity (Wildman–Crippen MR) is 124 cm³/mol. The third kappa shape index (κ3) is 9.37. The second-order valence-electron chi connectivity index (χ2n) is 9.38. The number of allylic oxidation sites excluding steroid dienone is 4. The van der Waals surface area contributed by atoms with E-state index in [0.29, 0.717) is 16.2 Å². The van der Waals surface area contributed by atoms with Gasteiger partial charge in [-0.15, -0.1) is 31.2 Å². The van der Waals surface area contributed by atoms with Crippen LogP contribution in [0.4, 0.5) is 0 Å². The number of hydrogen-bond acceptors (Lipinski definition) is 1. The van der Waals surface area contributed by atoms with Crippen molar-refractivity contribution in [2.75, 3.05) is 0 Å². The van der Waals surface area contributed by atoms with Gasteiger partial charge in [0, 0.05) is 21.7 Å². The van der Waals surface area contributed by atoms with Crippen molar-refractivity contribution in [1.29, 1.82) is 0 Å².